The third-order valence-corrected chi connectivity index (χ3v) is 4.59. The van der Waals surface area contributed by atoms with E-state index in [2.05, 4.69) is 13.8 Å². The molecular formula is C13H18O3. The Bertz CT molecular complexity index is 394. The number of rotatable bonds is 1. The van der Waals surface area contributed by atoms with Crippen molar-refractivity contribution in [2.45, 2.75) is 46.1 Å². The van der Waals surface area contributed by atoms with E-state index in [9.17, 15) is 9.59 Å². The van der Waals surface area contributed by atoms with Crippen LogP contribution in [0, 0.1) is 10.8 Å². The fourth-order valence-electron chi connectivity index (χ4n) is 3.03. The summed E-state index contributed by atoms with van der Waals surface area (Å²) >= 11 is 0. The normalized spacial score (nSPS) is 40.4. The molecule has 0 aromatic carbocycles. The molecular weight excluding hydrogens is 204 g/mol. The lowest BCUT2D eigenvalue weighted by molar-refractivity contribution is -0.160. The zero-order valence-corrected chi connectivity index (χ0v) is 10.3. The molecule has 2 rings (SSSR count). The molecule has 16 heavy (non-hydrogen) atoms. The minimum Gasteiger partial charge on any atom is -0.446 e. The molecule has 0 aromatic heterocycles. The summed E-state index contributed by atoms with van der Waals surface area (Å²) in [5.41, 5.74) is -1.58. The first-order valence-corrected chi connectivity index (χ1v) is 5.66. The summed E-state index contributed by atoms with van der Waals surface area (Å²) in [6.45, 7) is 7.68. The maximum atomic E-state index is 11.9. The fourth-order valence-corrected chi connectivity index (χ4v) is 3.03. The van der Waals surface area contributed by atoms with E-state index in [-0.39, 0.29) is 17.2 Å². The Morgan fingerprint density at radius 1 is 1.38 bits per heavy atom. The Hall–Kier alpha value is -1.12. The van der Waals surface area contributed by atoms with Crippen molar-refractivity contribution >= 4 is 11.8 Å². The van der Waals surface area contributed by atoms with Crippen molar-refractivity contribution in [2.75, 3.05) is 0 Å². The van der Waals surface area contributed by atoms with Gasteiger partial charge in [-0.25, -0.2) is 0 Å². The van der Waals surface area contributed by atoms with E-state index in [4.69, 9.17) is 4.74 Å². The Morgan fingerprint density at radius 2 is 2.00 bits per heavy atom. The van der Waals surface area contributed by atoms with Crippen molar-refractivity contribution in [1.29, 1.82) is 0 Å². The lowest BCUT2D eigenvalue weighted by atomic mass is 9.53. The third kappa shape index (κ3) is 1.09. The van der Waals surface area contributed by atoms with Crippen LogP contribution in [0.4, 0.5) is 0 Å². The summed E-state index contributed by atoms with van der Waals surface area (Å²) in [4.78, 5) is 23.5. The van der Waals surface area contributed by atoms with Gasteiger partial charge in [-0.05, 0) is 24.8 Å². The second-order valence-corrected chi connectivity index (χ2v) is 5.77. The zero-order valence-electron chi connectivity index (χ0n) is 10.3. The van der Waals surface area contributed by atoms with Gasteiger partial charge in [0.1, 0.15) is 0 Å². The molecule has 0 radical (unpaired) electrons. The molecule has 2 atom stereocenters. The van der Waals surface area contributed by atoms with E-state index in [0.29, 0.717) is 6.42 Å². The second-order valence-electron chi connectivity index (χ2n) is 5.77. The predicted octanol–water partition coefficient (Wildman–Crippen LogP) is 2.25. The summed E-state index contributed by atoms with van der Waals surface area (Å²) in [6.07, 6.45) is 4.94. The van der Waals surface area contributed by atoms with Gasteiger partial charge in [0.25, 0.3) is 0 Å². The molecule has 88 valence electrons. The summed E-state index contributed by atoms with van der Waals surface area (Å²) < 4.78 is 5.38. The van der Waals surface area contributed by atoms with Crippen molar-refractivity contribution in [1.82, 2.24) is 0 Å². The summed E-state index contributed by atoms with van der Waals surface area (Å²) in [6, 6.07) is 0. The fraction of sp³-hybridized carbons (Fsp3) is 0.692. The average Bonchev–Trinajstić information content (AvgIpc) is 2.39. The van der Waals surface area contributed by atoms with Gasteiger partial charge in [-0.2, -0.15) is 0 Å². The van der Waals surface area contributed by atoms with E-state index in [0.717, 1.165) is 6.42 Å². The summed E-state index contributed by atoms with van der Waals surface area (Å²) in [7, 11) is 0. The van der Waals surface area contributed by atoms with Crippen molar-refractivity contribution in [3.8, 4) is 0 Å². The van der Waals surface area contributed by atoms with E-state index < -0.39 is 11.0 Å². The van der Waals surface area contributed by atoms with E-state index in [1.54, 1.807) is 6.08 Å². The van der Waals surface area contributed by atoms with Gasteiger partial charge >= 0.3 is 5.97 Å². The molecule has 1 saturated heterocycles. The number of ether oxygens (including phenoxy) is 1. The smallest absolute Gasteiger partial charge is 0.307 e. The van der Waals surface area contributed by atoms with Crippen LogP contribution < -0.4 is 0 Å². The van der Waals surface area contributed by atoms with E-state index in [1.165, 1.54) is 6.92 Å². The van der Waals surface area contributed by atoms with Gasteiger partial charge in [0, 0.05) is 5.41 Å². The Kier molecular flexibility index (Phi) is 2.10. The number of hydrogen-bond donors (Lipinski definition) is 0. The van der Waals surface area contributed by atoms with Crippen molar-refractivity contribution in [3.63, 3.8) is 0 Å². The van der Waals surface area contributed by atoms with Crippen LogP contribution in [0.25, 0.3) is 0 Å². The highest BCUT2D eigenvalue weighted by Gasteiger charge is 2.66. The monoisotopic (exact) mass is 222 g/mol. The molecule has 0 spiro atoms. The molecule has 3 nitrogen and oxygen atoms in total. The summed E-state index contributed by atoms with van der Waals surface area (Å²) in [5.74, 6) is -0.345. The lowest BCUT2D eigenvalue weighted by Gasteiger charge is -2.50. The number of ketones is 1. The number of hydrogen-bond acceptors (Lipinski definition) is 3. The van der Waals surface area contributed by atoms with E-state index >= 15 is 0 Å². The largest absolute Gasteiger partial charge is 0.446 e. The molecule has 0 unspecified atom stereocenters. The van der Waals surface area contributed by atoms with Gasteiger partial charge < -0.3 is 4.74 Å². The number of Topliss-reactive ketones (excluding diaryl/α,β-unsaturated/α-hetero) is 1. The first-order valence-electron chi connectivity index (χ1n) is 5.66. The van der Waals surface area contributed by atoms with E-state index in [1.807, 2.05) is 13.0 Å². The maximum Gasteiger partial charge on any atom is 0.307 e. The SMILES string of the molecule is CC(=O)[C@]12C=CCC(C)(C)[C@@]1(C)CC(=O)O2. The Balaban J connectivity index is 2.64. The van der Waals surface area contributed by atoms with Gasteiger partial charge in [-0.3, -0.25) is 9.59 Å². The minimum absolute atomic E-state index is 0.0788. The van der Waals surface area contributed by atoms with Crippen LogP contribution in [0.3, 0.4) is 0 Å². The van der Waals surface area contributed by atoms with Crippen LogP contribution in [-0.4, -0.2) is 17.4 Å². The third-order valence-electron chi connectivity index (χ3n) is 4.59. The first-order chi connectivity index (χ1) is 7.25. The highest BCUT2D eigenvalue weighted by atomic mass is 16.6. The van der Waals surface area contributed by atoms with Crippen LogP contribution in [-0.2, 0) is 14.3 Å². The van der Waals surface area contributed by atoms with Gasteiger partial charge in [-0.15, -0.1) is 0 Å². The highest BCUT2D eigenvalue weighted by Crippen LogP contribution is 2.60. The van der Waals surface area contributed by atoms with Gasteiger partial charge in [0.2, 0.25) is 0 Å². The number of esters is 1. The van der Waals surface area contributed by atoms with Crippen LogP contribution in [0.5, 0.6) is 0 Å². The molecule has 1 fully saturated rings. The molecule has 3 heteroatoms. The standard InChI is InChI=1S/C13H18O3/c1-9(14)13-7-5-6-11(2,3)12(13,4)8-10(15)16-13/h5,7H,6,8H2,1-4H3/t12-,13-/m1/s1. The topological polar surface area (TPSA) is 43.4 Å². The number of carbonyl (C=O) groups excluding carboxylic acids is 2. The average molecular weight is 222 g/mol. The van der Waals surface area contributed by atoms with Gasteiger partial charge in [0.15, 0.2) is 11.4 Å². The minimum atomic E-state index is -1.04. The molecule has 1 aliphatic heterocycles. The maximum absolute atomic E-state index is 11.9. The van der Waals surface area contributed by atoms with Crippen LogP contribution in [0.2, 0.25) is 0 Å². The van der Waals surface area contributed by atoms with Crippen molar-refractivity contribution in [2.24, 2.45) is 10.8 Å². The molecule has 0 saturated carbocycles. The summed E-state index contributed by atoms with van der Waals surface area (Å²) in [5, 5.41) is 0. The van der Waals surface area contributed by atoms with Crippen molar-refractivity contribution in [3.05, 3.63) is 12.2 Å². The number of carbonyl (C=O) groups is 2. The Morgan fingerprint density at radius 3 is 2.50 bits per heavy atom. The molecule has 1 aliphatic carbocycles. The molecule has 0 amide bonds. The highest BCUT2D eigenvalue weighted by molar-refractivity contribution is 5.94. The molecule has 2 aliphatic rings. The van der Waals surface area contributed by atoms with Crippen molar-refractivity contribution < 1.29 is 14.3 Å². The number of allylic oxidation sites excluding steroid dienone is 1. The van der Waals surface area contributed by atoms with Crippen LogP contribution in [0.1, 0.15) is 40.5 Å². The molecule has 1 heterocycles. The molecule has 0 N–H and O–H groups in total. The zero-order chi connectivity index (χ0) is 12.2. The Labute approximate surface area is 95.9 Å². The predicted molar refractivity (Wildman–Crippen MR) is 59.8 cm³/mol. The molecule has 0 bridgehead atoms. The number of fused-ring (bicyclic) bond motifs is 1. The quantitative estimate of drug-likeness (QED) is 0.505. The van der Waals surface area contributed by atoms with Crippen LogP contribution in [0.15, 0.2) is 12.2 Å². The first kappa shape index (κ1) is 11.4. The van der Waals surface area contributed by atoms with Gasteiger partial charge in [-0.1, -0.05) is 26.8 Å². The molecule has 0 aromatic rings. The van der Waals surface area contributed by atoms with Gasteiger partial charge in [0.05, 0.1) is 6.42 Å². The lowest BCUT2D eigenvalue weighted by Crippen LogP contribution is -2.56. The second kappa shape index (κ2) is 2.96. The van der Waals surface area contributed by atoms with Crippen LogP contribution >= 0.6 is 0 Å².